The van der Waals surface area contributed by atoms with Gasteiger partial charge in [-0.1, -0.05) is 31.4 Å². The number of hydrogen-bond donors (Lipinski definition) is 2. The second-order valence-electron chi connectivity index (χ2n) is 6.73. The van der Waals surface area contributed by atoms with Crippen LogP contribution >= 0.6 is 11.3 Å². The van der Waals surface area contributed by atoms with Gasteiger partial charge >= 0.3 is 12.0 Å². The normalized spacial score (nSPS) is 16.0. The van der Waals surface area contributed by atoms with Crippen molar-refractivity contribution in [1.82, 2.24) is 15.6 Å². The van der Waals surface area contributed by atoms with Crippen LogP contribution in [0.25, 0.3) is 16.3 Å². The van der Waals surface area contributed by atoms with Crippen molar-refractivity contribution in [3.05, 3.63) is 35.3 Å². The van der Waals surface area contributed by atoms with Crippen LogP contribution in [0.1, 0.15) is 44.0 Å². The summed E-state index contributed by atoms with van der Waals surface area (Å²) >= 11 is 1.45. The van der Waals surface area contributed by atoms with Gasteiger partial charge in [-0.05, 0) is 38.0 Å². The molecule has 0 radical (unpaired) electrons. The Hall–Kier alpha value is -2.74. The van der Waals surface area contributed by atoms with Crippen molar-refractivity contribution in [3.63, 3.8) is 0 Å². The van der Waals surface area contributed by atoms with Gasteiger partial charge in [0, 0.05) is 12.1 Å². The zero-order valence-electron chi connectivity index (χ0n) is 15.6. The van der Waals surface area contributed by atoms with Crippen molar-refractivity contribution in [2.75, 3.05) is 0 Å². The Morgan fingerprint density at radius 1 is 1.21 bits per heavy atom. The number of rotatable bonds is 5. The maximum absolute atomic E-state index is 12.0. The largest absolute Gasteiger partial charge is 0.449 e. The first-order valence-corrected chi connectivity index (χ1v) is 10.2. The third kappa shape index (κ3) is 5.63. The SMILES string of the molecule is C[C@H](OC(=O)/C=C/c1nc2ccccc2s1)C(=O)NC(=O)NC1CCCCC1. The first-order chi connectivity index (χ1) is 13.5. The van der Waals surface area contributed by atoms with Crippen LogP contribution in [0.2, 0.25) is 0 Å². The van der Waals surface area contributed by atoms with Crippen molar-refractivity contribution in [2.24, 2.45) is 0 Å². The smallest absolute Gasteiger partial charge is 0.331 e. The highest BCUT2D eigenvalue weighted by Gasteiger charge is 2.21. The van der Waals surface area contributed by atoms with E-state index in [1.54, 1.807) is 6.08 Å². The van der Waals surface area contributed by atoms with Crippen LogP contribution in [0.4, 0.5) is 4.79 Å². The highest BCUT2D eigenvalue weighted by atomic mass is 32.1. The van der Waals surface area contributed by atoms with Gasteiger partial charge in [-0.2, -0.15) is 0 Å². The van der Waals surface area contributed by atoms with Crippen LogP contribution in [0.15, 0.2) is 30.3 Å². The molecule has 2 aromatic rings. The first-order valence-electron chi connectivity index (χ1n) is 9.37. The van der Waals surface area contributed by atoms with Crippen LogP contribution in [-0.2, 0) is 14.3 Å². The van der Waals surface area contributed by atoms with Crippen molar-refractivity contribution < 1.29 is 19.1 Å². The summed E-state index contributed by atoms with van der Waals surface area (Å²) in [7, 11) is 0. The number of ether oxygens (including phenoxy) is 1. The highest BCUT2D eigenvalue weighted by molar-refractivity contribution is 7.19. The summed E-state index contributed by atoms with van der Waals surface area (Å²) in [5, 5.41) is 5.68. The van der Waals surface area contributed by atoms with Crippen LogP contribution in [0.5, 0.6) is 0 Å². The minimum Gasteiger partial charge on any atom is -0.449 e. The number of urea groups is 1. The van der Waals surface area contributed by atoms with Gasteiger partial charge in [-0.15, -0.1) is 11.3 Å². The van der Waals surface area contributed by atoms with Crippen LogP contribution in [0, 0.1) is 0 Å². The molecule has 28 heavy (non-hydrogen) atoms. The standard InChI is InChI=1S/C20H23N3O4S/c1-13(19(25)23-20(26)21-14-7-3-2-4-8-14)27-18(24)12-11-17-22-15-9-5-6-10-16(15)28-17/h5-6,9-14H,2-4,7-8H2,1H3,(H2,21,23,25,26)/b12-11+/t13-/m0/s1. The predicted octanol–water partition coefficient (Wildman–Crippen LogP) is 3.40. The van der Waals surface area contributed by atoms with Crippen molar-refractivity contribution in [1.29, 1.82) is 0 Å². The number of carbonyl (C=O) groups is 3. The molecule has 148 valence electrons. The van der Waals surface area contributed by atoms with E-state index in [4.69, 9.17) is 4.74 Å². The third-order valence-corrected chi connectivity index (χ3v) is 5.51. The Bertz CT molecular complexity index is 853. The molecule has 1 aromatic heterocycles. The van der Waals surface area contributed by atoms with E-state index in [-0.39, 0.29) is 6.04 Å². The Balaban J connectivity index is 1.45. The van der Waals surface area contributed by atoms with E-state index >= 15 is 0 Å². The summed E-state index contributed by atoms with van der Waals surface area (Å²) < 4.78 is 6.08. The summed E-state index contributed by atoms with van der Waals surface area (Å²) in [6.45, 7) is 1.42. The molecule has 1 aromatic carbocycles. The molecular weight excluding hydrogens is 378 g/mol. The molecule has 0 saturated heterocycles. The van der Waals surface area contributed by atoms with Crippen molar-refractivity contribution in [2.45, 2.75) is 51.2 Å². The Labute approximate surface area is 167 Å². The summed E-state index contributed by atoms with van der Waals surface area (Å²) in [5.74, 6) is -1.33. The van der Waals surface area contributed by atoms with Gasteiger partial charge < -0.3 is 10.1 Å². The minimum absolute atomic E-state index is 0.0937. The molecule has 7 nitrogen and oxygen atoms in total. The number of hydrogen-bond acceptors (Lipinski definition) is 6. The zero-order valence-corrected chi connectivity index (χ0v) is 16.5. The fraction of sp³-hybridized carbons (Fsp3) is 0.400. The number of imide groups is 1. The van der Waals surface area contributed by atoms with E-state index in [0.717, 1.165) is 35.9 Å². The minimum atomic E-state index is -1.08. The molecule has 1 aliphatic carbocycles. The zero-order chi connectivity index (χ0) is 19.9. The van der Waals surface area contributed by atoms with E-state index in [1.807, 2.05) is 24.3 Å². The Morgan fingerprint density at radius 2 is 1.96 bits per heavy atom. The molecule has 0 bridgehead atoms. The van der Waals surface area contributed by atoms with E-state index in [0.29, 0.717) is 5.01 Å². The number of para-hydroxylation sites is 1. The molecule has 3 rings (SSSR count). The lowest BCUT2D eigenvalue weighted by Gasteiger charge is -2.23. The number of carbonyl (C=O) groups excluding carboxylic acids is 3. The first kappa shape index (κ1) is 20.0. The molecule has 3 amide bonds. The highest BCUT2D eigenvalue weighted by Crippen LogP contribution is 2.22. The van der Waals surface area contributed by atoms with E-state index in [9.17, 15) is 14.4 Å². The molecule has 0 unspecified atom stereocenters. The van der Waals surface area contributed by atoms with Gasteiger partial charge in [-0.25, -0.2) is 14.6 Å². The van der Waals surface area contributed by atoms with Crippen LogP contribution in [-0.4, -0.2) is 35.0 Å². The summed E-state index contributed by atoms with van der Waals surface area (Å²) in [6, 6.07) is 7.21. The summed E-state index contributed by atoms with van der Waals surface area (Å²) in [4.78, 5) is 40.3. The van der Waals surface area contributed by atoms with Gasteiger partial charge in [0.15, 0.2) is 6.10 Å². The number of thiazole rings is 1. The fourth-order valence-electron chi connectivity index (χ4n) is 3.05. The molecule has 0 aliphatic heterocycles. The second kappa shape index (κ2) is 9.45. The third-order valence-electron chi connectivity index (χ3n) is 4.51. The lowest BCUT2D eigenvalue weighted by Crippen LogP contribution is -2.48. The van der Waals surface area contributed by atoms with Crippen molar-refractivity contribution >= 4 is 45.5 Å². The average molecular weight is 401 g/mol. The number of amides is 3. The van der Waals surface area contributed by atoms with Crippen LogP contribution in [0.3, 0.4) is 0 Å². The number of fused-ring (bicyclic) bond motifs is 1. The molecule has 1 heterocycles. The van der Waals surface area contributed by atoms with E-state index < -0.39 is 24.0 Å². The number of nitrogens with one attached hydrogen (secondary N) is 2. The van der Waals surface area contributed by atoms with Crippen LogP contribution < -0.4 is 10.6 Å². The number of benzene rings is 1. The molecule has 1 aliphatic rings. The summed E-state index contributed by atoms with van der Waals surface area (Å²) in [6.07, 6.45) is 6.87. The van der Waals surface area contributed by atoms with E-state index in [2.05, 4.69) is 15.6 Å². The molecule has 0 spiro atoms. The molecule has 1 saturated carbocycles. The maximum atomic E-state index is 12.0. The molecule has 1 fully saturated rings. The lowest BCUT2D eigenvalue weighted by atomic mass is 9.96. The monoisotopic (exact) mass is 401 g/mol. The molecular formula is C20H23N3O4S. The Morgan fingerprint density at radius 3 is 2.71 bits per heavy atom. The maximum Gasteiger partial charge on any atom is 0.331 e. The quantitative estimate of drug-likeness (QED) is 0.591. The molecule has 1 atom stereocenters. The number of nitrogens with zero attached hydrogens (tertiary/aromatic N) is 1. The van der Waals surface area contributed by atoms with E-state index in [1.165, 1.54) is 30.8 Å². The summed E-state index contributed by atoms with van der Waals surface area (Å²) in [5.41, 5.74) is 0.859. The van der Waals surface area contributed by atoms with Crippen molar-refractivity contribution in [3.8, 4) is 0 Å². The number of esters is 1. The van der Waals surface area contributed by atoms with Gasteiger partial charge in [0.05, 0.1) is 10.2 Å². The predicted molar refractivity (Wildman–Crippen MR) is 108 cm³/mol. The molecule has 8 heteroatoms. The average Bonchev–Trinajstić information content (AvgIpc) is 3.10. The Kier molecular flexibility index (Phi) is 6.76. The number of aromatic nitrogens is 1. The van der Waals surface area contributed by atoms with Gasteiger partial charge in [0.1, 0.15) is 5.01 Å². The second-order valence-corrected chi connectivity index (χ2v) is 7.79. The lowest BCUT2D eigenvalue weighted by molar-refractivity contribution is -0.149. The van der Waals surface area contributed by atoms with Gasteiger partial charge in [0.2, 0.25) is 0 Å². The van der Waals surface area contributed by atoms with Gasteiger partial charge in [0.25, 0.3) is 5.91 Å². The topological polar surface area (TPSA) is 97.4 Å². The fourth-order valence-corrected chi connectivity index (χ4v) is 3.92. The van der Waals surface area contributed by atoms with Gasteiger partial charge in [-0.3, -0.25) is 10.1 Å². The molecule has 2 N–H and O–H groups in total.